The summed E-state index contributed by atoms with van der Waals surface area (Å²) in [6.07, 6.45) is 8.62. The Bertz CT molecular complexity index is 508. The molecule has 0 bridgehead atoms. The van der Waals surface area contributed by atoms with Crippen LogP contribution in [0.2, 0.25) is 0 Å². The molecule has 19 heavy (non-hydrogen) atoms. The van der Waals surface area contributed by atoms with Crippen molar-refractivity contribution in [1.29, 1.82) is 0 Å². The fourth-order valence-electron chi connectivity index (χ4n) is 5.50. The van der Waals surface area contributed by atoms with E-state index in [-0.39, 0.29) is 0 Å². The lowest BCUT2D eigenvalue weighted by Gasteiger charge is -2.54. The van der Waals surface area contributed by atoms with Crippen molar-refractivity contribution in [2.45, 2.75) is 57.5 Å². The fourth-order valence-corrected chi connectivity index (χ4v) is 5.50. The predicted molar refractivity (Wildman–Crippen MR) is 76.8 cm³/mol. The molecule has 0 spiro atoms. The monoisotopic (exact) mass is 256 g/mol. The summed E-state index contributed by atoms with van der Waals surface area (Å²) in [4.78, 5) is 0. The third-order valence-electron chi connectivity index (χ3n) is 6.54. The second kappa shape index (κ2) is 3.85. The van der Waals surface area contributed by atoms with Crippen molar-refractivity contribution in [3.05, 3.63) is 35.4 Å². The topological polar surface area (TPSA) is 20.2 Å². The van der Waals surface area contributed by atoms with E-state index in [2.05, 4.69) is 31.2 Å². The molecule has 0 saturated heterocycles. The summed E-state index contributed by atoms with van der Waals surface area (Å²) < 4.78 is 0. The molecular formula is C18H24O. The van der Waals surface area contributed by atoms with Crippen LogP contribution in [0.3, 0.4) is 0 Å². The summed E-state index contributed by atoms with van der Waals surface area (Å²) in [5, 5.41) is 11.4. The zero-order chi connectivity index (χ0) is 13.1. The molecule has 102 valence electrons. The molecule has 3 aliphatic carbocycles. The first-order chi connectivity index (χ1) is 9.13. The summed E-state index contributed by atoms with van der Waals surface area (Å²) in [6.45, 7) is 2.48. The number of benzene rings is 1. The lowest BCUT2D eigenvalue weighted by molar-refractivity contribution is -0.125. The highest BCUT2D eigenvalue weighted by Gasteiger charge is 2.56. The van der Waals surface area contributed by atoms with Gasteiger partial charge in [0.2, 0.25) is 0 Å². The highest BCUT2D eigenvalue weighted by molar-refractivity contribution is 5.37. The van der Waals surface area contributed by atoms with Gasteiger partial charge in [0.25, 0.3) is 0 Å². The maximum atomic E-state index is 11.4. The number of fused-ring (bicyclic) bond motifs is 5. The van der Waals surface area contributed by atoms with Gasteiger partial charge in [-0.15, -0.1) is 0 Å². The zero-order valence-electron chi connectivity index (χ0n) is 11.9. The Kier molecular flexibility index (Phi) is 2.42. The van der Waals surface area contributed by atoms with E-state index in [0.717, 1.165) is 18.8 Å². The van der Waals surface area contributed by atoms with Crippen molar-refractivity contribution in [2.24, 2.45) is 17.3 Å². The molecule has 2 fully saturated rings. The smallest absolute Gasteiger partial charge is 0.0930 e. The van der Waals surface area contributed by atoms with Crippen molar-refractivity contribution in [2.75, 3.05) is 0 Å². The Hall–Kier alpha value is -0.820. The van der Waals surface area contributed by atoms with Gasteiger partial charge in [-0.1, -0.05) is 37.6 Å². The van der Waals surface area contributed by atoms with Gasteiger partial charge in [0.15, 0.2) is 0 Å². The molecule has 1 N–H and O–H groups in total. The van der Waals surface area contributed by atoms with Crippen LogP contribution in [0.15, 0.2) is 24.3 Å². The minimum atomic E-state index is -0.524. The van der Waals surface area contributed by atoms with Crippen LogP contribution in [0.5, 0.6) is 0 Å². The molecule has 0 radical (unpaired) electrons. The highest BCUT2D eigenvalue weighted by Crippen LogP contribution is 2.62. The molecule has 1 nitrogen and oxygen atoms in total. The van der Waals surface area contributed by atoms with Crippen LogP contribution in [0.25, 0.3) is 0 Å². The largest absolute Gasteiger partial charge is 0.385 e. The average molecular weight is 256 g/mol. The van der Waals surface area contributed by atoms with Gasteiger partial charge in [-0.3, -0.25) is 0 Å². The Morgan fingerprint density at radius 1 is 1.05 bits per heavy atom. The van der Waals surface area contributed by atoms with Crippen LogP contribution in [0, 0.1) is 17.3 Å². The second-order valence-electron chi connectivity index (χ2n) is 7.38. The zero-order valence-corrected chi connectivity index (χ0v) is 11.9. The van der Waals surface area contributed by atoms with Gasteiger partial charge in [-0.05, 0) is 66.9 Å². The lowest BCUT2D eigenvalue weighted by atomic mass is 9.54. The van der Waals surface area contributed by atoms with Crippen LogP contribution >= 0.6 is 0 Å². The molecular weight excluding hydrogens is 232 g/mol. The molecule has 4 rings (SSSR count). The number of hydrogen-bond acceptors (Lipinski definition) is 1. The van der Waals surface area contributed by atoms with Crippen LogP contribution in [-0.2, 0) is 12.0 Å². The van der Waals surface area contributed by atoms with E-state index < -0.39 is 5.60 Å². The normalized spacial score (nSPS) is 44.3. The van der Waals surface area contributed by atoms with E-state index in [1.807, 2.05) is 0 Å². The molecule has 1 aromatic rings. The molecule has 2 saturated carbocycles. The molecule has 0 aromatic heterocycles. The molecule has 1 aromatic carbocycles. The van der Waals surface area contributed by atoms with Crippen molar-refractivity contribution < 1.29 is 5.11 Å². The van der Waals surface area contributed by atoms with Crippen LogP contribution in [-0.4, -0.2) is 5.11 Å². The quantitative estimate of drug-likeness (QED) is 0.743. The lowest BCUT2D eigenvalue weighted by Crippen LogP contribution is -2.50. The maximum Gasteiger partial charge on any atom is 0.0930 e. The van der Waals surface area contributed by atoms with Gasteiger partial charge in [0.1, 0.15) is 0 Å². The van der Waals surface area contributed by atoms with E-state index in [0.29, 0.717) is 11.3 Å². The van der Waals surface area contributed by atoms with Gasteiger partial charge in [0.05, 0.1) is 5.60 Å². The van der Waals surface area contributed by atoms with Crippen molar-refractivity contribution in [1.82, 2.24) is 0 Å². The third kappa shape index (κ3) is 1.51. The SMILES string of the molecule is C[C@@]12CCC[C@H]1[C@H]1CCc3ccccc3[C@@]1(O)CC2. The Morgan fingerprint density at radius 2 is 1.89 bits per heavy atom. The van der Waals surface area contributed by atoms with Crippen molar-refractivity contribution >= 4 is 0 Å². The maximum absolute atomic E-state index is 11.4. The van der Waals surface area contributed by atoms with E-state index >= 15 is 0 Å². The Morgan fingerprint density at radius 3 is 2.79 bits per heavy atom. The molecule has 4 atom stereocenters. The van der Waals surface area contributed by atoms with Crippen LogP contribution in [0.4, 0.5) is 0 Å². The summed E-state index contributed by atoms with van der Waals surface area (Å²) in [6, 6.07) is 8.61. The van der Waals surface area contributed by atoms with E-state index in [1.54, 1.807) is 0 Å². The molecule has 0 aliphatic heterocycles. The molecule has 1 heteroatoms. The second-order valence-corrected chi connectivity index (χ2v) is 7.38. The summed E-state index contributed by atoms with van der Waals surface area (Å²) >= 11 is 0. The minimum absolute atomic E-state index is 0.503. The van der Waals surface area contributed by atoms with E-state index in [9.17, 15) is 5.11 Å². The molecule has 0 amide bonds. The van der Waals surface area contributed by atoms with Crippen LogP contribution in [0.1, 0.15) is 56.6 Å². The van der Waals surface area contributed by atoms with Crippen molar-refractivity contribution in [3.63, 3.8) is 0 Å². The summed E-state index contributed by atoms with van der Waals surface area (Å²) in [7, 11) is 0. The first-order valence-electron chi connectivity index (χ1n) is 7.94. The first kappa shape index (κ1) is 12.0. The highest BCUT2D eigenvalue weighted by atomic mass is 16.3. The number of hydrogen-bond donors (Lipinski definition) is 1. The van der Waals surface area contributed by atoms with Gasteiger partial charge in [-0.2, -0.15) is 0 Å². The first-order valence-corrected chi connectivity index (χ1v) is 7.94. The van der Waals surface area contributed by atoms with Crippen LogP contribution < -0.4 is 0 Å². The molecule has 0 unspecified atom stereocenters. The minimum Gasteiger partial charge on any atom is -0.385 e. The predicted octanol–water partition coefficient (Wildman–Crippen LogP) is 4.04. The van der Waals surface area contributed by atoms with Gasteiger partial charge < -0.3 is 5.11 Å². The van der Waals surface area contributed by atoms with E-state index in [1.165, 1.54) is 43.2 Å². The number of rotatable bonds is 0. The molecule has 0 heterocycles. The van der Waals surface area contributed by atoms with Gasteiger partial charge in [0, 0.05) is 0 Å². The average Bonchev–Trinajstić information content (AvgIpc) is 2.81. The third-order valence-corrected chi connectivity index (χ3v) is 6.54. The summed E-state index contributed by atoms with van der Waals surface area (Å²) in [5.41, 5.74) is 2.63. The molecule has 3 aliphatic rings. The standard InChI is InChI=1S/C18H24O/c1-17-10-4-7-15(17)16-9-8-13-5-2-3-6-14(13)18(16,19)12-11-17/h2-3,5-6,15-16,19H,4,7-12H2,1H3/t15-,16+,17-,18-/m0/s1. The fraction of sp³-hybridized carbons (Fsp3) is 0.667. The van der Waals surface area contributed by atoms with E-state index in [4.69, 9.17) is 0 Å². The number of aryl methyl sites for hydroxylation is 1. The van der Waals surface area contributed by atoms with Gasteiger partial charge in [-0.25, -0.2) is 0 Å². The van der Waals surface area contributed by atoms with Crippen molar-refractivity contribution in [3.8, 4) is 0 Å². The van der Waals surface area contributed by atoms with Gasteiger partial charge >= 0.3 is 0 Å². The summed E-state index contributed by atoms with van der Waals surface area (Å²) in [5.74, 6) is 1.25. The number of aliphatic hydroxyl groups is 1. The Labute approximate surface area is 116 Å². The Balaban J connectivity index is 1.80.